The zero-order chi connectivity index (χ0) is 7.44. The Morgan fingerprint density at radius 1 is 1.44 bits per heavy atom. The molecule has 0 aliphatic carbocycles. The van der Waals surface area contributed by atoms with Gasteiger partial charge in [0.05, 0.1) is 0 Å². The molecule has 0 aromatic rings. The van der Waals surface area contributed by atoms with Crippen molar-refractivity contribution in [1.29, 1.82) is 0 Å². The Balaban J connectivity index is 4.06. The fourth-order valence-electron chi connectivity index (χ4n) is 0.519. The summed E-state index contributed by atoms with van der Waals surface area (Å²) in [6.45, 7) is 7.96. The monoisotopic (exact) mass is 125 g/mol. The second-order valence-corrected chi connectivity index (χ2v) is 2.31. The summed E-state index contributed by atoms with van der Waals surface area (Å²) in [5.41, 5.74) is 2.32. The lowest BCUT2D eigenvalue weighted by molar-refractivity contribution is 0.524. The van der Waals surface area contributed by atoms with E-state index in [1.807, 2.05) is 25.9 Å². The largest absolute Gasteiger partial charge is 0.378 e. The van der Waals surface area contributed by atoms with Gasteiger partial charge in [0.15, 0.2) is 0 Å². The number of hydrogen-bond donors (Lipinski definition) is 0. The van der Waals surface area contributed by atoms with E-state index in [9.17, 15) is 0 Å². The quantitative estimate of drug-likeness (QED) is 0.510. The van der Waals surface area contributed by atoms with Crippen molar-refractivity contribution in [2.24, 2.45) is 0 Å². The van der Waals surface area contributed by atoms with E-state index >= 15 is 0 Å². The van der Waals surface area contributed by atoms with Crippen LogP contribution in [0.25, 0.3) is 0 Å². The third kappa shape index (κ3) is 2.36. The van der Waals surface area contributed by atoms with Crippen LogP contribution in [0.5, 0.6) is 0 Å². The summed E-state index contributed by atoms with van der Waals surface area (Å²) in [5.74, 6) is 0. The van der Waals surface area contributed by atoms with E-state index in [2.05, 4.69) is 19.6 Å². The predicted octanol–water partition coefficient (Wildman–Crippen LogP) is 2.03. The molecule has 0 saturated carbocycles. The summed E-state index contributed by atoms with van der Waals surface area (Å²) in [6.07, 6.45) is 2.06. The Morgan fingerprint density at radius 3 is 2.00 bits per heavy atom. The Hall–Kier alpha value is -0.720. The molecule has 0 unspecified atom stereocenters. The lowest BCUT2D eigenvalue weighted by Gasteiger charge is -2.15. The minimum absolute atomic E-state index is 1.08. The van der Waals surface area contributed by atoms with Gasteiger partial charge in [-0.3, -0.25) is 0 Å². The molecule has 1 heteroatoms. The van der Waals surface area contributed by atoms with Gasteiger partial charge in [-0.2, -0.15) is 0 Å². The second-order valence-electron chi connectivity index (χ2n) is 2.31. The van der Waals surface area contributed by atoms with Gasteiger partial charge in [0.25, 0.3) is 0 Å². The van der Waals surface area contributed by atoms with Crippen LogP contribution in [0.3, 0.4) is 0 Å². The number of allylic oxidation sites excluding steroid dienone is 2. The topological polar surface area (TPSA) is 3.24 Å². The SMILES string of the molecule is C=C(/C(C)=C\C)N(C)C. The first kappa shape index (κ1) is 8.28. The molecule has 0 aromatic heterocycles. The van der Waals surface area contributed by atoms with Gasteiger partial charge in [-0.25, -0.2) is 0 Å². The Morgan fingerprint density at radius 2 is 1.89 bits per heavy atom. The molecular weight excluding hydrogens is 110 g/mol. The molecule has 0 spiro atoms. The van der Waals surface area contributed by atoms with Crippen molar-refractivity contribution in [2.75, 3.05) is 14.1 Å². The molecule has 9 heavy (non-hydrogen) atoms. The standard InChI is InChI=1S/C8H15N/c1-6-7(2)8(3)9(4)5/h6H,3H2,1-2,4-5H3/b7-6-. The van der Waals surface area contributed by atoms with Crippen LogP contribution in [-0.4, -0.2) is 19.0 Å². The highest BCUT2D eigenvalue weighted by Gasteiger charge is 1.94. The highest BCUT2D eigenvalue weighted by Crippen LogP contribution is 2.07. The molecule has 0 N–H and O–H groups in total. The van der Waals surface area contributed by atoms with Crippen LogP contribution in [0, 0.1) is 0 Å². The van der Waals surface area contributed by atoms with Gasteiger partial charge in [0.2, 0.25) is 0 Å². The molecule has 0 amide bonds. The average molecular weight is 125 g/mol. The van der Waals surface area contributed by atoms with Crippen LogP contribution in [0.4, 0.5) is 0 Å². The molecule has 0 bridgehead atoms. The van der Waals surface area contributed by atoms with Crippen LogP contribution in [0.2, 0.25) is 0 Å². The lowest BCUT2D eigenvalue weighted by atomic mass is 10.2. The fraction of sp³-hybridized carbons (Fsp3) is 0.500. The molecule has 0 aliphatic rings. The first-order valence-corrected chi connectivity index (χ1v) is 3.09. The Bertz CT molecular complexity index is 132. The van der Waals surface area contributed by atoms with Crippen molar-refractivity contribution in [3.8, 4) is 0 Å². The second kappa shape index (κ2) is 3.33. The van der Waals surface area contributed by atoms with Gasteiger partial charge in [0, 0.05) is 19.8 Å². The van der Waals surface area contributed by atoms with Crippen LogP contribution in [0.1, 0.15) is 13.8 Å². The molecule has 0 fully saturated rings. The Kier molecular flexibility index (Phi) is 3.07. The molecular formula is C8H15N. The van der Waals surface area contributed by atoms with Gasteiger partial charge in [-0.05, 0) is 19.4 Å². The van der Waals surface area contributed by atoms with E-state index in [1.165, 1.54) is 5.57 Å². The molecule has 1 nitrogen and oxygen atoms in total. The highest BCUT2D eigenvalue weighted by molar-refractivity contribution is 5.23. The fourth-order valence-corrected chi connectivity index (χ4v) is 0.519. The zero-order valence-corrected chi connectivity index (χ0v) is 6.73. The van der Waals surface area contributed by atoms with Crippen molar-refractivity contribution in [3.63, 3.8) is 0 Å². The van der Waals surface area contributed by atoms with Crippen LogP contribution < -0.4 is 0 Å². The lowest BCUT2D eigenvalue weighted by Crippen LogP contribution is -2.10. The average Bonchev–Trinajstić information content (AvgIpc) is 1.84. The van der Waals surface area contributed by atoms with E-state index in [4.69, 9.17) is 0 Å². The smallest absolute Gasteiger partial charge is 0.0314 e. The summed E-state index contributed by atoms with van der Waals surface area (Å²) < 4.78 is 0. The van der Waals surface area contributed by atoms with Crippen molar-refractivity contribution >= 4 is 0 Å². The van der Waals surface area contributed by atoms with E-state index < -0.39 is 0 Å². The molecule has 0 radical (unpaired) electrons. The molecule has 0 aromatic carbocycles. The summed E-state index contributed by atoms with van der Waals surface area (Å²) in [4.78, 5) is 2.01. The molecule has 0 heterocycles. The van der Waals surface area contributed by atoms with Gasteiger partial charge < -0.3 is 4.90 Å². The third-order valence-corrected chi connectivity index (χ3v) is 1.43. The van der Waals surface area contributed by atoms with Gasteiger partial charge >= 0.3 is 0 Å². The number of nitrogens with zero attached hydrogens (tertiary/aromatic N) is 1. The van der Waals surface area contributed by atoms with E-state index in [0.717, 1.165) is 5.70 Å². The zero-order valence-electron chi connectivity index (χ0n) is 6.73. The Labute approximate surface area is 57.7 Å². The van der Waals surface area contributed by atoms with E-state index in [1.54, 1.807) is 0 Å². The van der Waals surface area contributed by atoms with Crippen molar-refractivity contribution < 1.29 is 0 Å². The van der Waals surface area contributed by atoms with E-state index in [0.29, 0.717) is 0 Å². The molecule has 0 atom stereocenters. The maximum absolute atomic E-state index is 3.88. The van der Waals surface area contributed by atoms with Crippen LogP contribution in [0.15, 0.2) is 23.9 Å². The van der Waals surface area contributed by atoms with Gasteiger partial charge in [0.1, 0.15) is 0 Å². The number of likely N-dealkylation sites (N-methyl/N-ethyl adjacent to an activating group) is 1. The summed E-state index contributed by atoms with van der Waals surface area (Å²) in [5, 5.41) is 0. The summed E-state index contributed by atoms with van der Waals surface area (Å²) >= 11 is 0. The van der Waals surface area contributed by atoms with Gasteiger partial charge in [-0.15, -0.1) is 0 Å². The van der Waals surface area contributed by atoms with Crippen molar-refractivity contribution in [3.05, 3.63) is 23.9 Å². The predicted molar refractivity (Wildman–Crippen MR) is 42.3 cm³/mol. The van der Waals surface area contributed by atoms with Crippen LogP contribution in [-0.2, 0) is 0 Å². The summed E-state index contributed by atoms with van der Waals surface area (Å²) in [6, 6.07) is 0. The highest BCUT2D eigenvalue weighted by atomic mass is 15.1. The normalized spacial score (nSPS) is 11.3. The van der Waals surface area contributed by atoms with Crippen LogP contribution >= 0.6 is 0 Å². The third-order valence-electron chi connectivity index (χ3n) is 1.43. The minimum Gasteiger partial charge on any atom is -0.378 e. The minimum atomic E-state index is 1.08. The first-order valence-electron chi connectivity index (χ1n) is 3.09. The molecule has 52 valence electrons. The molecule has 0 saturated heterocycles. The van der Waals surface area contributed by atoms with Crippen molar-refractivity contribution in [1.82, 2.24) is 4.90 Å². The molecule has 0 rings (SSSR count). The van der Waals surface area contributed by atoms with E-state index in [-0.39, 0.29) is 0 Å². The number of hydrogen-bond acceptors (Lipinski definition) is 1. The van der Waals surface area contributed by atoms with Gasteiger partial charge in [-0.1, -0.05) is 12.7 Å². The maximum atomic E-state index is 3.88. The first-order chi connectivity index (χ1) is 4.09. The van der Waals surface area contributed by atoms with Crippen molar-refractivity contribution in [2.45, 2.75) is 13.8 Å². The number of rotatable bonds is 2. The summed E-state index contributed by atoms with van der Waals surface area (Å²) in [7, 11) is 3.99. The maximum Gasteiger partial charge on any atom is 0.0314 e. The molecule has 0 aliphatic heterocycles.